The topological polar surface area (TPSA) is 117 Å². The number of hydrogen-bond donors (Lipinski definition) is 4. The van der Waals surface area contributed by atoms with Crippen LogP contribution < -0.4 is 15.9 Å². The van der Waals surface area contributed by atoms with Gasteiger partial charge in [0.1, 0.15) is 11.8 Å². The molecule has 0 aliphatic rings. The van der Waals surface area contributed by atoms with Crippen molar-refractivity contribution in [3.05, 3.63) is 46.0 Å². The number of carbonyl (C=O) groups is 1. The van der Waals surface area contributed by atoms with E-state index in [0.29, 0.717) is 18.5 Å². The summed E-state index contributed by atoms with van der Waals surface area (Å²) in [6, 6.07) is 6.47. The van der Waals surface area contributed by atoms with Crippen LogP contribution in [0.4, 0.5) is 0 Å². The predicted octanol–water partition coefficient (Wildman–Crippen LogP) is 1.38. The Kier molecular flexibility index (Phi) is 5.87. The quantitative estimate of drug-likeness (QED) is 0.445. The summed E-state index contributed by atoms with van der Waals surface area (Å²) in [5.41, 5.74) is 2.31. The van der Waals surface area contributed by atoms with Gasteiger partial charge in [0.25, 0.3) is 5.91 Å². The molecule has 1 atom stereocenters. The number of rotatable bonds is 7. The molecule has 2 aromatic rings. The van der Waals surface area contributed by atoms with Gasteiger partial charge < -0.3 is 14.8 Å². The maximum atomic E-state index is 12.2. The number of benzene rings is 1. The van der Waals surface area contributed by atoms with E-state index < -0.39 is 17.6 Å². The van der Waals surface area contributed by atoms with Gasteiger partial charge in [-0.2, -0.15) is 0 Å². The summed E-state index contributed by atoms with van der Waals surface area (Å²) < 4.78 is 6.07. The fraction of sp³-hybridized carbons (Fsp3) is 0.412. The minimum atomic E-state index is -1.01. The van der Waals surface area contributed by atoms with E-state index in [-0.39, 0.29) is 11.8 Å². The number of methoxy groups -OCH3 is 1. The fourth-order valence-corrected chi connectivity index (χ4v) is 2.76. The average molecular weight is 349 g/mol. The molecule has 8 heteroatoms. The second-order valence-corrected chi connectivity index (χ2v) is 6.12. The highest BCUT2D eigenvalue weighted by Crippen LogP contribution is 2.25. The van der Waals surface area contributed by atoms with E-state index >= 15 is 0 Å². The molecule has 1 unspecified atom stereocenters. The van der Waals surface area contributed by atoms with Crippen molar-refractivity contribution in [3.63, 3.8) is 0 Å². The first kappa shape index (κ1) is 18.6. The molecule has 25 heavy (non-hydrogen) atoms. The number of nitrogens with one attached hydrogen (secondary N) is 2. The lowest BCUT2D eigenvalue weighted by atomic mass is 10.0. The van der Waals surface area contributed by atoms with E-state index in [1.165, 1.54) is 0 Å². The number of amides is 1. The van der Waals surface area contributed by atoms with Gasteiger partial charge in [0, 0.05) is 0 Å². The molecular weight excluding hydrogens is 326 g/mol. The number of imidazole rings is 1. The number of hydroxylamine groups is 1. The molecule has 0 aliphatic carbocycles. The van der Waals surface area contributed by atoms with Crippen LogP contribution >= 0.6 is 0 Å². The third-order valence-electron chi connectivity index (χ3n) is 4.09. The Hall–Kier alpha value is -2.74. The molecule has 0 aliphatic heterocycles. The van der Waals surface area contributed by atoms with Gasteiger partial charge in [-0.15, -0.1) is 0 Å². The smallest absolute Gasteiger partial charge is 0.329 e. The van der Waals surface area contributed by atoms with Gasteiger partial charge in [-0.3, -0.25) is 14.6 Å². The standard InChI is InChI=1S/C17H23N3O5/c1-10(2)14(15(21)19-24)20-16(22)13(18-17(20)23)9-6-11-4-7-12(25-3)8-5-11/h4-5,7-8,10,14,22,24H,6,9H2,1-3H3,(H,18,23)(H,19,21). The molecule has 0 spiro atoms. The second kappa shape index (κ2) is 7.89. The Labute approximate surface area is 145 Å². The molecule has 2 rings (SSSR count). The molecule has 0 fully saturated rings. The zero-order valence-electron chi connectivity index (χ0n) is 14.4. The summed E-state index contributed by atoms with van der Waals surface area (Å²) in [6.45, 7) is 3.44. The maximum Gasteiger partial charge on any atom is 0.329 e. The zero-order chi connectivity index (χ0) is 18.6. The van der Waals surface area contributed by atoms with Crippen LogP contribution in [0.3, 0.4) is 0 Å². The molecular formula is C17H23N3O5. The highest BCUT2D eigenvalue weighted by Gasteiger charge is 2.29. The Balaban J connectivity index is 2.23. The summed E-state index contributed by atoms with van der Waals surface area (Å²) in [5.74, 6) is -0.601. The van der Waals surface area contributed by atoms with Gasteiger partial charge in [-0.05, 0) is 36.5 Å². The first-order chi connectivity index (χ1) is 11.9. The van der Waals surface area contributed by atoms with Crippen molar-refractivity contribution in [3.8, 4) is 11.6 Å². The van der Waals surface area contributed by atoms with E-state index in [2.05, 4.69) is 4.98 Å². The number of ether oxygens (including phenoxy) is 1. The number of H-pyrrole nitrogens is 1. The summed E-state index contributed by atoms with van der Waals surface area (Å²) >= 11 is 0. The van der Waals surface area contributed by atoms with Crippen LogP contribution in [0.25, 0.3) is 0 Å². The number of aromatic hydroxyl groups is 1. The summed E-state index contributed by atoms with van der Waals surface area (Å²) in [6.07, 6.45) is 0.988. The highest BCUT2D eigenvalue weighted by atomic mass is 16.5. The van der Waals surface area contributed by atoms with Crippen molar-refractivity contribution >= 4 is 5.91 Å². The third kappa shape index (κ3) is 4.03. The minimum absolute atomic E-state index is 0.291. The van der Waals surface area contributed by atoms with Gasteiger partial charge in [-0.1, -0.05) is 26.0 Å². The van der Waals surface area contributed by atoms with Crippen molar-refractivity contribution in [2.45, 2.75) is 32.7 Å². The summed E-state index contributed by atoms with van der Waals surface area (Å²) in [7, 11) is 1.59. The number of aromatic nitrogens is 2. The van der Waals surface area contributed by atoms with Gasteiger partial charge in [-0.25, -0.2) is 10.3 Å². The number of nitrogens with zero attached hydrogens (tertiary/aromatic N) is 1. The minimum Gasteiger partial charge on any atom is -0.497 e. The van der Waals surface area contributed by atoms with Crippen molar-refractivity contribution in [2.24, 2.45) is 5.92 Å². The second-order valence-electron chi connectivity index (χ2n) is 6.12. The Morgan fingerprint density at radius 1 is 1.28 bits per heavy atom. The largest absolute Gasteiger partial charge is 0.497 e. The monoisotopic (exact) mass is 349 g/mol. The van der Waals surface area contributed by atoms with Crippen LogP contribution in [0.2, 0.25) is 0 Å². The Morgan fingerprint density at radius 2 is 1.92 bits per heavy atom. The van der Waals surface area contributed by atoms with Crippen LogP contribution in [-0.2, 0) is 17.6 Å². The van der Waals surface area contributed by atoms with Gasteiger partial charge in [0.15, 0.2) is 0 Å². The number of hydrogen-bond acceptors (Lipinski definition) is 5. The lowest BCUT2D eigenvalue weighted by molar-refractivity contribution is -0.134. The number of aromatic amines is 1. The number of aryl methyl sites for hydroxylation is 2. The SMILES string of the molecule is COc1ccc(CCc2[nH]c(=O)n(C(C(=O)NO)C(C)C)c2O)cc1. The Bertz CT molecular complexity index is 777. The van der Waals surface area contributed by atoms with E-state index in [4.69, 9.17) is 9.94 Å². The third-order valence-corrected chi connectivity index (χ3v) is 4.09. The van der Waals surface area contributed by atoms with Crippen LogP contribution in [-0.4, -0.2) is 32.9 Å². The molecule has 0 saturated heterocycles. The molecule has 1 heterocycles. The van der Waals surface area contributed by atoms with Crippen molar-refractivity contribution in [1.29, 1.82) is 0 Å². The van der Waals surface area contributed by atoms with E-state index in [9.17, 15) is 14.7 Å². The van der Waals surface area contributed by atoms with E-state index in [0.717, 1.165) is 15.9 Å². The first-order valence-corrected chi connectivity index (χ1v) is 7.98. The van der Waals surface area contributed by atoms with Crippen LogP contribution in [0, 0.1) is 5.92 Å². The molecule has 0 saturated carbocycles. The fourth-order valence-electron chi connectivity index (χ4n) is 2.76. The molecule has 8 nitrogen and oxygen atoms in total. The van der Waals surface area contributed by atoms with Gasteiger partial charge in [0.05, 0.1) is 12.8 Å². The van der Waals surface area contributed by atoms with Crippen LogP contribution in [0.15, 0.2) is 29.1 Å². The normalized spacial score (nSPS) is 12.2. The summed E-state index contributed by atoms with van der Waals surface area (Å²) in [5, 5.41) is 19.3. The molecule has 1 aromatic heterocycles. The summed E-state index contributed by atoms with van der Waals surface area (Å²) in [4.78, 5) is 26.6. The lowest BCUT2D eigenvalue weighted by Gasteiger charge is -2.19. The zero-order valence-corrected chi connectivity index (χ0v) is 14.4. The van der Waals surface area contributed by atoms with Gasteiger partial charge in [0.2, 0.25) is 5.88 Å². The molecule has 4 N–H and O–H groups in total. The predicted molar refractivity (Wildman–Crippen MR) is 90.9 cm³/mol. The van der Waals surface area contributed by atoms with Crippen molar-refractivity contribution < 1.29 is 19.8 Å². The van der Waals surface area contributed by atoms with Crippen molar-refractivity contribution in [1.82, 2.24) is 15.0 Å². The average Bonchev–Trinajstić information content (AvgIpc) is 2.88. The first-order valence-electron chi connectivity index (χ1n) is 7.98. The van der Waals surface area contributed by atoms with E-state index in [1.54, 1.807) is 26.4 Å². The maximum absolute atomic E-state index is 12.2. The molecule has 1 aromatic carbocycles. The lowest BCUT2D eigenvalue weighted by Crippen LogP contribution is -2.37. The van der Waals surface area contributed by atoms with Gasteiger partial charge >= 0.3 is 5.69 Å². The van der Waals surface area contributed by atoms with E-state index in [1.807, 2.05) is 24.3 Å². The number of carbonyl (C=O) groups excluding carboxylic acids is 1. The molecule has 1 amide bonds. The molecule has 0 radical (unpaired) electrons. The Morgan fingerprint density at radius 3 is 2.44 bits per heavy atom. The molecule has 0 bridgehead atoms. The van der Waals surface area contributed by atoms with Crippen LogP contribution in [0.5, 0.6) is 11.6 Å². The molecule has 136 valence electrons. The van der Waals surface area contributed by atoms with Crippen molar-refractivity contribution in [2.75, 3.05) is 7.11 Å². The van der Waals surface area contributed by atoms with Crippen LogP contribution in [0.1, 0.15) is 31.1 Å². The highest BCUT2D eigenvalue weighted by molar-refractivity contribution is 5.79.